The maximum absolute atomic E-state index is 10.7. The Morgan fingerprint density at radius 3 is 2.36 bits per heavy atom. The highest BCUT2D eigenvalue weighted by molar-refractivity contribution is 7.87. The van der Waals surface area contributed by atoms with Gasteiger partial charge in [-0.3, -0.25) is 0 Å². The van der Waals surface area contributed by atoms with Gasteiger partial charge in [0.2, 0.25) is 0 Å². The maximum atomic E-state index is 10.7. The summed E-state index contributed by atoms with van der Waals surface area (Å²) in [6, 6.07) is 0. The molecule has 0 rings (SSSR count). The van der Waals surface area contributed by atoms with Crippen LogP contribution in [-0.4, -0.2) is 35.1 Å². The molecular formula is C5H15N3O2S. The number of hydrogen-bond donors (Lipinski definition) is 3. The lowest BCUT2D eigenvalue weighted by Crippen LogP contribution is -2.38. The summed E-state index contributed by atoms with van der Waals surface area (Å²) in [4.78, 5) is 0. The van der Waals surface area contributed by atoms with Gasteiger partial charge in [-0.25, -0.2) is 9.44 Å². The van der Waals surface area contributed by atoms with Gasteiger partial charge in [0.1, 0.15) is 0 Å². The van der Waals surface area contributed by atoms with Gasteiger partial charge in [-0.2, -0.15) is 8.42 Å². The van der Waals surface area contributed by atoms with E-state index in [0.29, 0.717) is 13.1 Å². The van der Waals surface area contributed by atoms with E-state index in [1.54, 1.807) is 0 Å². The zero-order valence-corrected chi connectivity index (χ0v) is 7.66. The van der Waals surface area contributed by atoms with Crippen LogP contribution in [0.5, 0.6) is 0 Å². The standard InChI is InChI=1S/C5H15N3O2S/c1-3-7-4-5-8-11(9,10)6-2/h6-8H,3-5H2,1-2H3. The second kappa shape index (κ2) is 5.48. The van der Waals surface area contributed by atoms with Gasteiger partial charge in [-0.05, 0) is 6.54 Å². The van der Waals surface area contributed by atoms with E-state index in [4.69, 9.17) is 0 Å². The van der Waals surface area contributed by atoms with Crippen molar-refractivity contribution in [2.24, 2.45) is 0 Å². The quantitative estimate of drug-likeness (QED) is 0.444. The van der Waals surface area contributed by atoms with Crippen LogP contribution in [0.4, 0.5) is 0 Å². The molecule has 0 aliphatic carbocycles. The topological polar surface area (TPSA) is 70.2 Å². The predicted octanol–water partition coefficient (Wildman–Crippen LogP) is -1.35. The summed E-state index contributed by atoms with van der Waals surface area (Å²) in [5, 5.41) is 2.99. The Morgan fingerprint density at radius 1 is 1.27 bits per heavy atom. The Balaban J connectivity index is 3.39. The molecule has 0 amide bonds. The van der Waals surface area contributed by atoms with E-state index < -0.39 is 10.2 Å². The highest BCUT2D eigenvalue weighted by Crippen LogP contribution is 1.70. The van der Waals surface area contributed by atoms with Gasteiger partial charge in [0.05, 0.1) is 0 Å². The number of likely N-dealkylation sites (N-methyl/N-ethyl adjacent to an activating group) is 1. The monoisotopic (exact) mass is 181 g/mol. The highest BCUT2D eigenvalue weighted by Gasteiger charge is 2.02. The molecule has 6 heteroatoms. The van der Waals surface area contributed by atoms with Crippen molar-refractivity contribution >= 4 is 10.2 Å². The third-order valence-corrected chi connectivity index (χ3v) is 2.23. The van der Waals surface area contributed by atoms with E-state index in [9.17, 15) is 8.42 Å². The first-order valence-electron chi connectivity index (χ1n) is 3.51. The summed E-state index contributed by atoms with van der Waals surface area (Å²) in [7, 11) is -1.87. The molecule has 0 fully saturated rings. The largest absolute Gasteiger partial charge is 0.316 e. The summed E-state index contributed by atoms with van der Waals surface area (Å²) in [5.41, 5.74) is 0. The number of nitrogens with one attached hydrogen (secondary N) is 3. The van der Waals surface area contributed by atoms with Crippen molar-refractivity contribution < 1.29 is 8.42 Å². The zero-order chi connectivity index (χ0) is 8.74. The van der Waals surface area contributed by atoms with Crippen LogP contribution >= 0.6 is 0 Å². The van der Waals surface area contributed by atoms with Crippen LogP contribution in [-0.2, 0) is 10.2 Å². The van der Waals surface area contributed by atoms with Crippen molar-refractivity contribution in [3.8, 4) is 0 Å². The van der Waals surface area contributed by atoms with Crippen molar-refractivity contribution in [1.82, 2.24) is 14.8 Å². The molecule has 0 saturated carbocycles. The van der Waals surface area contributed by atoms with Crippen LogP contribution in [0.1, 0.15) is 6.92 Å². The molecule has 0 spiro atoms. The van der Waals surface area contributed by atoms with Crippen LogP contribution in [0.3, 0.4) is 0 Å². The predicted molar refractivity (Wildman–Crippen MR) is 44.5 cm³/mol. The van der Waals surface area contributed by atoms with Gasteiger partial charge in [0, 0.05) is 20.1 Å². The first-order chi connectivity index (χ1) is 5.12. The van der Waals surface area contributed by atoms with E-state index >= 15 is 0 Å². The zero-order valence-electron chi connectivity index (χ0n) is 6.85. The first-order valence-corrected chi connectivity index (χ1v) is 4.99. The molecule has 0 atom stereocenters. The van der Waals surface area contributed by atoms with Gasteiger partial charge in [-0.1, -0.05) is 6.92 Å². The average Bonchev–Trinajstić information content (AvgIpc) is 1.99. The van der Waals surface area contributed by atoms with Crippen LogP contribution in [0.2, 0.25) is 0 Å². The van der Waals surface area contributed by atoms with Gasteiger partial charge < -0.3 is 5.32 Å². The van der Waals surface area contributed by atoms with Crippen molar-refractivity contribution in [2.45, 2.75) is 6.92 Å². The normalized spacial score (nSPS) is 11.8. The number of hydrogen-bond acceptors (Lipinski definition) is 3. The molecular weight excluding hydrogens is 166 g/mol. The minimum Gasteiger partial charge on any atom is -0.316 e. The van der Waals surface area contributed by atoms with E-state index in [1.165, 1.54) is 7.05 Å². The second-order valence-electron chi connectivity index (χ2n) is 1.96. The lowest BCUT2D eigenvalue weighted by atomic mass is 10.6. The van der Waals surface area contributed by atoms with Crippen LogP contribution < -0.4 is 14.8 Å². The van der Waals surface area contributed by atoms with Gasteiger partial charge in [0.15, 0.2) is 0 Å². The Bertz CT molecular complexity index is 178. The molecule has 0 aromatic carbocycles. The molecule has 3 N–H and O–H groups in total. The van der Waals surface area contributed by atoms with E-state index in [0.717, 1.165) is 6.54 Å². The molecule has 0 aromatic rings. The fourth-order valence-electron chi connectivity index (χ4n) is 0.523. The number of rotatable bonds is 6. The Morgan fingerprint density at radius 2 is 1.91 bits per heavy atom. The van der Waals surface area contributed by atoms with E-state index in [1.807, 2.05) is 6.92 Å². The SMILES string of the molecule is CCNCCNS(=O)(=O)NC. The molecule has 0 heterocycles. The minimum absolute atomic E-state index is 0.414. The fraction of sp³-hybridized carbons (Fsp3) is 1.00. The fourth-order valence-corrected chi connectivity index (χ4v) is 1.04. The molecule has 68 valence electrons. The molecule has 0 bridgehead atoms. The van der Waals surface area contributed by atoms with E-state index in [-0.39, 0.29) is 0 Å². The van der Waals surface area contributed by atoms with Gasteiger partial charge in [0.25, 0.3) is 10.2 Å². The van der Waals surface area contributed by atoms with Crippen LogP contribution in [0.25, 0.3) is 0 Å². The Hall–Kier alpha value is -0.170. The van der Waals surface area contributed by atoms with Crippen molar-refractivity contribution in [2.75, 3.05) is 26.7 Å². The third-order valence-electron chi connectivity index (χ3n) is 1.11. The molecule has 0 aliphatic rings. The molecule has 0 unspecified atom stereocenters. The lowest BCUT2D eigenvalue weighted by Gasteiger charge is -2.04. The van der Waals surface area contributed by atoms with Crippen LogP contribution in [0.15, 0.2) is 0 Å². The summed E-state index contributed by atoms with van der Waals surface area (Å²) < 4.78 is 25.9. The smallest absolute Gasteiger partial charge is 0.276 e. The van der Waals surface area contributed by atoms with Crippen molar-refractivity contribution in [3.05, 3.63) is 0 Å². The van der Waals surface area contributed by atoms with Crippen molar-refractivity contribution in [1.29, 1.82) is 0 Å². The maximum Gasteiger partial charge on any atom is 0.276 e. The highest BCUT2D eigenvalue weighted by atomic mass is 32.2. The molecule has 11 heavy (non-hydrogen) atoms. The molecule has 0 radical (unpaired) electrons. The minimum atomic E-state index is -3.24. The lowest BCUT2D eigenvalue weighted by molar-refractivity contribution is 0.569. The second-order valence-corrected chi connectivity index (χ2v) is 3.66. The summed E-state index contributed by atoms with van der Waals surface area (Å²) in [6.45, 7) is 3.88. The van der Waals surface area contributed by atoms with Crippen LogP contribution in [0, 0.1) is 0 Å². The summed E-state index contributed by atoms with van der Waals surface area (Å²) >= 11 is 0. The Labute approximate surface area is 67.7 Å². The van der Waals surface area contributed by atoms with Crippen molar-refractivity contribution in [3.63, 3.8) is 0 Å². The third kappa shape index (κ3) is 6.24. The summed E-state index contributed by atoms with van der Waals surface area (Å²) in [5.74, 6) is 0. The van der Waals surface area contributed by atoms with Gasteiger partial charge in [-0.15, -0.1) is 0 Å². The molecule has 0 aromatic heterocycles. The van der Waals surface area contributed by atoms with Gasteiger partial charge >= 0.3 is 0 Å². The first kappa shape index (κ1) is 10.8. The molecule has 0 saturated heterocycles. The molecule has 5 nitrogen and oxygen atoms in total. The Kier molecular flexibility index (Phi) is 5.39. The summed E-state index contributed by atoms with van der Waals surface area (Å²) in [6.07, 6.45) is 0. The molecule has 0 aliphatic heterocycles. The van der Waals surface area contributed by atoms with E-state index in [2.05, 4.69) is 14.8 Å². The average molecular weight is 181 g/mol.